The molecule has 0 spiro atoms. The van der Waals surface area contributed by atoms with Crippen LogP contribution in [0.2, 0.25) is 0 Å². The van der Waals surface area contributed by atoms with Gasteiger partial charge >= 0.3 is 0 Å². The van der Waals surface area contributed by atoms with E-state index in [0.717, 1.165) is 37.1 Å². The first kappa shape index (κ1) is 18.1. The topological polar surface area (TPSA) is 71.3 Å². The van der Waals surface area contributed by atoms with Crippen molar-refractivity contribution in [3.63, 3.8) is 0 Å². The van der Waals surface area contributed by atoms with E-state index in [4.69, 9.17) is 4.52 Å². The highest BCUT2D eigenvalue weighted by atomic mass is 16.5. The van der Waals surface area contributed by atoms with E-state index in [0.29, 0.717) is 24.4 Å². The smallest absolute Gasteiger partial charge is 0.225 e. The van der Waals surface area contributed by atoms with Crippen LogP contribution in [0.4, 0.5) is 0 Å². The van der Waals surface area contributed by atoms with Crippen molar-refractivity contribution >= 4 is 5.91 Å². The van der Waals surface area contributed by atoms with Gasteiger partial charge in [0.1, 0.15) is 5.69 Å². The largest absolute Gasteiger partial charge is 0.359 e. The fourth-order valence-electron chi connectivity index (χ4n) is 4.80. The van der Waals surface area contributed by atoms with E-state index in [1.807, 2.05) is 24.3 Å². The van der Waals surface area contributed by atoms with E-state index in [1.165, 1.54) is 5.56 Å². The Morgan fingerprint density at radius 1 is 1.21 bits per heavy atom. The summed E-state index contributed by atoms with van der Waals surface area (Å²) in [6, 6.07) is 16.9. The molecule has 1 amide bonds. The van der Waals surface area contributed by atoms with Crippen molar-refractivity contribution in [2.45, 2.75) is 37.9 Å². The number of fused-ring (bicyclic) bond motifs is 1. The molecule has 0 unspecified atom stereocenters. The summed E-state index contributed by atoms with van der Waals surface area (Å²) in [7, 11) is 0. The van der Waals surface area contributed by atoms with Crippen LogP contribution in [0.3, 0.4) is 0 Å². The van der Waals surface area contributed by atoms with Gasteiger partial charge in [0, 0.05) is 36.1 Å². The van der Waals surface area contributed by atoms with Crippen LogP contribution in [0.5, 0.6) is 0 Å². The highest BCUT2D eigenvalue weighted by molar-refractivity contribution is 5.80. The Labute approximate surface area is 169 Å². The van der Waals surface area contributed by atoms with Crippen LogP contribution >= 0.6 is 0 Å². The molecule has 0 bridgehead atoms. The van der Waals surface area contributed by atoms with Gasteiger partial charge in [-0.1, -0.05) is 35.5 Å². The van der Waals surface area contributed by atoms with Crippen LogP contribution in [0.1, 0.15) is 36.6 Å². The van der Waals surface area contributed by atoms with Gasteiger partial charge in [-0.15, -0.1) is 0 Å². The van der Waals surface area contributed by atoms with Crippen LogP contribution in [-0.4, -0.2) is 33.5 Å². The Kier molecular flexibility index (Phi) is 4.86. The van der Waals surface area contributed by atoms with Gasteiger partial charge in [0.25, 0.3) is 0 Å². The van der Waals surface area contributed by atoms with E-state index >= 15 is 0 Å². The normalized spacial score (nSPS) is 23.8. The maximum Gasteiger partial charge on any atom is 0.225 e. The van der Waals surface area contributed by atoms with Gasteiger partial charge in [-0.25, -0.2) is 0 Å². The molecule has 6 nitrogen and oxygen atoms in total. The van der Waals surface area contributed by atoms with Crippen LogP contribution < -0.4 is 5.32 Å². The molecule has 148 valence electrons. The molecule has 2 aliphatic heterocycles. The quantitative estimate of drug-likeness (QED) is 0.723. The zero-order chi connectivity index (χ0) is 19.6. The third kappa shape index (κ3) is 3.56. The van der Waals surface area contributed by atoms with E-state index in [9.17, 15) is 4.79 Å². The minimum atomic E-state index is 0.0171. The summed E-state index contributed by atoms with van der Waals surface area (Å²) in [4.78, 5) is 19.6. The van der Waals surface area contributed by atoms with Crippen molar-refractivity contribution in [3.05, 3.63) is 72.2 Å². The summed E-state index contributed by atoms with van der Waals surface area (Å²) in [6.07, 6.45) is 6.60. The highest BCUT2D eigenvalue weighted by Crippen LogP contribution is 2.44. The molecule has 2 saturated heterocycles. The zero-order valence-corrected chi connectivity index (χ0v) is 16.2. The number of nitrogens with zero attached hydrogens (tertiary/aromatic N) is 3. The van der Waals surface area contributed by atoms with Crippen LogP contribution in [0.25, 0.3) is 11.3 Å². The maximum absolute atomic E-state index is 13.0. The molecular formula is C23H24N4O2. The van der Waals surface area contributed by atoms with E-state index in [-0.39, 0.29) is 11.8 Å². The average Bonchev–Trinajstić information content (AvgIpc) is 3.50. The molecule has 3 aromatic rings. The second-order valence-corrected chi connectivity index (χ2v) is 7.85. The molecule has 2 aromatic heterocycles. The molecule has 6 heteroatoms. The number of rotatable bonds is 5. The third-order valence-corrected chi connectivity index (χ3v) is 6.16. The first-order valence-electron chi connectivity index (χ1n) is 10.2. The van der Waals surface area contributed by atoms with Crippen molar-refractivity contribution in [1.82, 2.24) is 20.4 Å². The Balaban J connectivity index is 1.25. The summed E-state index contributed by atoms with van der Waals surface area (Å²) < 4.78 is 5.41. The van der Waals surface area contributed by atoms with Gasteiger partial charge in [0.05, 0.1) is 12.5 Å². The standard InChI is InChI=1S/C23H24N4O2/c28-23(25-15-18-12-20(26-29-18)17-8-4-10-24-14-17)19-13-22(16-6-2-1-3-7-16)27-11-5-9-21(19)27/h1-4,6-8,10,12,14,19,21-22H,5,9,11,13,15H2,(H,25,28)/t19-,21+,22-/m0/s1. The molecule has 1 N–H and O–H groups in total. The molecule has 0 saturated carbocycles. The summed E-state index contributed by atoms with van der Waals surface area (Å²) in [5.41, 5.74) is 2.94. The Morgan fingerprint density at radius 2 is 2.10 bits per heavy atom. The third-order valence-electron chi connectivity index (χ3n) is 6.16. The summed E-state index contributed by atoms with van der Waals surface area (Å²) in [5, 5.41) is 7.17. The van der Waals surface area contributed by atoms with E-state index in [1.54, 1.807) is 12.4 Å². The number of amides is 1. The first-order valence-corrected chi connectivity index (χ1v) is 10.2. The van der Waals surface area contributed by atoms with Gasteiger partial charge in [-0.2, -0.15) is 0 Å². The highest BCUT2D eigenvalue weighted by Gasteiger charge is 2.46. The van der Waals surface area contributed by atoms with Crippen LogP contribution in [0, 0.1) is 5.92 Å². The molecule has 0 radical (unpaired) electrons. The molecule has 29 heavy (non-hydrogen) atoms. The molecule has 4 heterocycles. The molecule has 5 rings (SSSR count). The minimum Gasteiger partial charge on any atom is -0.359 e. The number of hydrogen-bond donors (Lipinski definition) is 1. The molecular weight excluding hydrogens is 364 g/mol. The Morgan fingerprint density at radius 3 is 2.93 bits per heavy atom. The number of benzene rings is 1. The SMILES string of the molecule is O=C(NCc1cc(-c2cccnc2)no1)[C@H]1C[C@@H](c2ccccc2)N2CCC[C@H]12. The monoisotopic (exact) mass is 388 g/mol. The molecule has 0 aliphatic carbocycles. The summed E-state index contributed by atoms with van der Waals surface area (Å²) in [6.45, 7) is 1.43. The van der Waals surface area contributed by atoms with Gasteiger partial charge < -0.3 is 9.84 Å². The van der Waals surface area contributed by atoms with Crippen molar-refractivity contribution in [3.8, 4) is 11.3 Å². The second-order valence-electron chi connectivity index (χ2n) is 7.85. The molecule has 2 aliphatic rings. The summed E-state index contributed by atoms with van der Waals surface area (Å²) in [5.74, 6) is 0.779. The van der Waals surface area contributed by atoms with Gasteiger partial charge in [0.15, 0.2) is 5.76 Å². The number of aromatic nitrogens is 2. The van der Waals surface area contributed by atoms with E-state index in [2.05, 4.69) is 44.6 Å². The second kappa shape index (κ2) is 7.79. The van der Waals surface area contributed by atoms with Gasteiger partial charge in [0.2, 0.25) is 5.91 Å². The molecule has 3 atom stereocenters. The lowest BCUT2D eigenvalue weighted by Gasteiger charge is -2.24. The van der Waals surface area contributed by atoms with Gasteiger partial charge in [-0.05, 0) is 43.5 Å². The Hall–Kier alpha value is -2.99. The van der Waals surface area contributed by atoms with Gasteiger partial charge in [-0.3, -0.25) is 14.7 Å². The number of carbonyl (C=O) groups excluding carboxylic acids is 1. The zero-order valence-electron chi connectivity index (χ0n) is 16.2. The van der Waals surface area contributed by atoms with Crippen molar-refractivity contribution in [1.29, 1.82) is 0 Å². The summed E-state index contributed by atoms with van der Waals surface area (Å²) >= 11 is 0. The number of pyridine rings is 1. The van der Waals surface area contributed by atoms with Crippen molar-refractivity contribution in [2.75, 3.05) is 6.54 Å². The minimum absolute atomic E-state index is 0.0171. The number of hydrogen-bond acceptors (Lipinski definition) is 5. The molecule has 2 fully saturated rings. The Bertz CT molecular complexity index is 973. The van der Waals surface area contributed by atoms with Crippen molar-refractivity contribution in [2.24, 2.45) is 5.92 Å². The molecule has 1 aromatic carbocycles. The van der Waals surface area contributed by atoms with Crippen LogP contribution in [0.15, 0.2) is 65.4 Å². The van der Waals surface area contributed by atoms with Crippen LogP contribution in [-0.2, 0) is 11.3 Å². The lowest BCUT2D eigenvalue weighted by molar-refractivity contribution is -0.125. The number of carbonyl (C=O) groups is 1. The predicted molar refractivity (Wildman–Crippen MR) is 109 cm³/mol. The lowest BCUT2D eigenvalue weighted by Crippen LogP contribution is -2.37. The number of nitrogens with one attached hydrogen (secondary N) is 1. The predicted octanol–water partition coefficient (Wildman–Crippen LogP) is 3.58. The lowest BCUT2D eigenvalue weighted by atomic mass is 9.93. The fraction of sp³-hybridized carbons (Fsp3) is 0.348. The maximum atomic E-state index is 13.0. The first-order chi connectivity index (χ1) is 14.3. The fourth-order valence-corrected chi connectivity index (χ4v) is 4.80. The van der Waals surface area contributed by atoms with Crippen molar-refractivity contribution < 1.29 is 9.32 Å². The average molecular weight is 388 g/mol. The van der Waals surface area contributed by atoms with E-state index < -0.39 is 0 Å².